The van der Waals surface area contributed by atoms with Gasteiger partial charge in [-0.05, 0) is 12.8 Å². The lowest BCUT2D eigenvalue weighted by molar-refractivity contribution is -0.679. The lowest BCUT2D eigenvalue weighted by Crippen LogP contribution is -2.46. The molecule has 0 amide bonds. The van der Waals surface area contributed by atoms with Gasteiger partial charge in [-0.3, -0.25) is 0 Å². The SMILES string of the molecule is O=S(=O)([O-])C(F)(F)F.c1cc[n+](N2C3CCCCC32)cc1. The van der Waals surface area contributed by atoms with E-state index < -0.39 is 15.6 Å². The Morgan fingerprint density at radius 2 is 1.48 bits per heavy atom. The van der Waals surface area contributed by atoms with Crippen LogP contribution in [-0.4, -0.2) is 30.6 Å². The fourth-order valence-corrected chi connectivity index (χ4v) is 2.56. The Morgan fingerprint density at radius 1 is 1.05 bits per heavy atom. The molecule has 1 aliphatic carbocycles. The molecule has 3 rings (SSSR count). The number of aromatic nitrogens is 1. The molecule has 1 aromatic rings. The molecular weight excluding hydrogens is 309 g/mol. The molecule has 2 heterocycles. The Morgan fingerprint density at radius 3 is 1.86 bits per heavy atom. The summed E-state index contributed by atoms with van der Waals surface area (Å²) in [5, 5.41) is 2.51. The van der Waals surface area contributed by atoms with E-state index in [1.807, 2.05) is 0 Å². The highest BCUT2D eigenvalue weighted by molar-refractivity contribution is 7.86. The Labute approximate surface area is 120 Å². The maximum Gasteiger partial charge on any atom is 0.485 e. The minimum absolute atomic E-state index is 0.848. The first-order chi connectivity index (χ1) is 9.72. The molecule has 2 aliphatic rings. The number of rotatable bonds is 1. The molecule has 0 radical (unpaired) electrons. The van der Waals surface area contributed by atoms with Crippen LogP contribution in [0.3, 0.4) is 0 Å². The van der Waals surface area contributed by atoms with Crippen LogP contribution in [0.15, 0.2) is 30.6 Å². The van der Waals surface area contributed by atoms with Gasteiger partial charge >= 0.3 is 5.51 Å². The maximum atomic E-state index is 10.7. The highest BCUT2D eigenvalue weighted by Gasteiger charge is 2.54. The quantitative estimate of drug-likeness (QED) is 0.338. The zero-order valence-corrected chi connectivity index (χ0v) is 11.8. The molecule has 0 N–H and O–H groups in total. The van der Waals surface area contributed by atoms with E-state index in [1.54, 1.807) is 0 Å². The van der Waals surface area contributed by atoms with Crippen molar-refractivity contribution >= 4 is 10.1 Å². The molecule has 2 atom stereocenters. The number of pyridine rings is 1. The smallest absolute Gasteiger partial charge is 0.485 e. The molecule has 2 fully saturated rings. The van der Waals surface area contributed by atoms with E-state index in [0.29, 0.717) is 0 Å². The van der Waals surface area contributed by atoms with Crippen LogP contribution in [-0.2, 0) is 10.1 Å². The number of fused-ring (bicyclic) bond motifs is 1. The standard InChI is InChI=1S/C11H15N2.CHF3O3S/c1-4-8-12(9-5-1)13-10-6-2-3-7-11(10)13;2-1(3,4)8(5,6)7/h1,4-5,8-11H,2-3,6-7H2;(H,5,6,7)/q+1;/p-1. The highest BCUT2D eigenvalue weighted by atomic mass is 32.2. The molecule has 5 nitrogen and oxygen atoms in total. The highest BCUT2D eigenvalue weighted by Crippen LogP contribution is 2.35. The van der Waals surface area contributed by atoms with Gasteiger partial charge in [0.2, 0.25) is 0 Å². The zero-order chi connectivity index (χ0) is 15.7. The summed E-state index contributed by atoms with van der Waals surface area (Å²) in [6.07, 6.45) is 9.94. The number of alkyl halides is 3. The fraction of sp³-hybridized carbons (Fsp3) is 0.583. The summed E-state index contributed by atoms with van der Waals surface area (Å²) in [6, 6.07) is 7.97. The molecule has 0 aromatic carbocycles. The van der Waals surface area contributed by atoms with Gasteiger partial charge in [-0.15, -0.1) is 0 Å². The van der Waals surface area contributed by atoms with E-state index in [9.17, 15) is 13.2 Å². The number of nitrogens with zero attached hydrogens (tertiary/aromatic N) is 2. The van der Waals surface area contributed by atoms with Gasteiger partial charge in [0, 0.05) is 12.1 Å². The fourth-order valence-electron chi connectivity index (χ4n) is 2.56. The molecule has 0 spiro atoms. The van der Waals surface area contributed by atoms with Crippen molar-refractivity contribution in [1.29, 1.82) is 0 Å². The van der Waals surface area contributed by atoms with Gasteiger partial charge in [0.05, 0.1) is 0 Å². The van der Waals surface area contributed by atoms with Crippen LogP contribution in [0.2, 0.25) is 0 Å². The summed E-state index contributed by atoms with van der Waals surface area (Å²) >= 11 is 0. The summed E-state index contributed by atoms with van der Waals surface area (Å²) < 4.78 is 61.2. The van der Waals surface area contributed by atoms with Crippen LogP contribution in [0.5, 0.6) is 0 Å². The monoisotopic (exact) mass is 324 g/mol. The summed E-state index contributed by atoms with van der Waals surface area (Å²) in [5.41, 5.74) is -5.65. The van der Waals surface area contributed by atoms with Crippen molar-refractivity contribution in [3.05, 3.63) is 30.6 Å². The molecular formula is C12H15F3N2O3S. The Kier molecular flexibility index (Phi) is 4.43. The van der Waals surface area contributed by atoms with Crippen LogP contribution in [0.1, 0.15) is 25.7 Å². The minimum atomic E-state index is -6.09. The first kappa shape index (κ1) is 16.0. The molecule has 118 valence electrons. The van der Waals surface area contributed by atoms with Gasteiger partial charge in [0.1, 0.15) is 12.1 Å². The number of hydrogen-bond donors (Lipinski definition) is 0. The molecule has 1 aliphatic heterocycles. The minimum Gasteiger partial charge on any atom is -0.741 e. The predicted octanol–water partition coefficient (Wildman–Crippen LogP) is 1.29. The second-order valence-electron chi connectivity index (χ2n) is 4.95. The summed E-state index contributed by atoms with van der Waals surface area (Å²) in [6.45, 7) is 0. The van der Waals surface area contributed by atoms with E-state index in [-0.39, 0.29) is 0 Å². The maximum absolute atomic E-state index is 10.7. The molecule has 1 saturated heterocycles. The predicted molar refractivity (Wildman–Crippen MR) is 66.7 cm³/mol. The van der Waals surface area contributed by atoms with Gasteiger partial charge < -0.3 is 4.55 Å². The third-order valence-electron chi connectivity index (χ3n) is 3.53. The summed E-state index contributed by atoms with van der Waals surface area (Å²) in [4.78, 5) is 0. The van der Waals surface area contributed by atoms with Crippen molar-refractivity contribution < 1.29 is 30.8 Å². The van der Waals surface area contributed by atoms with Crippen molar-refractivity contribution in [2.24, 2.45) is 0 Å². The van der Waals surface area contributed by atoms with Crippen molar-refractivity contribution in [2.45, 2.75) is 43.3 Å². The Hall–Kier alpha value is -1.35. The lowest BCUT2D eigenvalue weighted by atomic mass is 10.0. The number of halogens is 3. The van der Waals surface area contributed by atoms with Crippen LogP contribution >= 0.6 is 0 Å². The Bertz CT molecular complexity index is 565. The van der Waals surface area contributed by atoms with E-state index >= 15 is 0 Å². The van der Waals surface area contributed by atoms with Gasteiger partial charge in [-0.2, -0.15) is 18.2 Å². The molecule has 9 heteroatoms. The molecule has 1 aromatic heterocycles. The van der Waals surface area contributed by atoms with E-state index in [0.717, 1.165) is 12.1 Å². The van der Waals surface area contributed by atoms with Crippen molar-refractivity contribution in [3.63, 3.8) is 0 Å². The third-order valence-corrected chi connectivity index (χ3v) is 4.10. The topological polar surface area (TPSA) is 64.1 Å². The Balaban J connectivity index is 0.000000177. The average Bonchev–Trinajstić information content (AvgIpc) is 3.12. The molecule has 0 bridgehead atoms. The molecule has 2 unspecified atom stereocenters. The van der Waals surface area contributed by atoms with Crippen molar-refractivity contribution in [2.75, 3.05) is 5.01 Å². The summed E-state index contributed by atoms with van der Waals surface area (Å²) in [5.74, 6) is 0. The first-order valence-corrected chi connectivity index (χ1v) is 7.90. The normalized spacial score (nSPS) is 24.7. The molecule has 21 heavy (non-hydrogen) atoms. The van der Waals surface area contributed by atoms with Crippen molar-refractivity contribution in [3.8, 4) is 0 Å². The van der Waals surface area contributed by atoms with Crippen LogP contribution < -0.4 is 9.69 Å². The second-order valence-corrected chi connectivity index (χ2v) is 6.33. The van der Waals surface area contributed by atoms with Gasteiger partial charge in [-0.1, -0.05) is 23.6 Å². The third kappa shape index (κ3) is 3.85. The van der Waals surface area contributed by atoms with Gasteiger partial charge in [0.15, 0.2) is 22.5 Å². The largest absolute Gasteiger partial charge is 0.741 e. The summed E-state index contributed by atoms with van der Waals surface area (Å²) in [7, 11) is -6.09. The molecule has 1 saturated carbocycles. The second kappa shape index (κ2) is 5.80. The van der Waals surface area contributed by atoms with Gasteiger partial charge in [0.25, 0.3) is 0 Å². The van der Waals surface area contributed by atoms with Crippen LogP contribution in [0.25, 0.3) is 0 Å². The first-order valence-electron chi connectivity index (χ1n) is 6.49. The zero-order valence-electron chi connectivity index (χ0n) is 11.0. The van der Waals surface area contributed by atoms with Crippen molar-refractivity contribution in [1.82, 2.24) is 0 Å². The van der Waals surface area contributed by atoms with E-state index in [2.05, 4.69) is 40.3 Å². The van der Waals surface area contributed by atoms with E-state index in [1.165, 1.54) is 25.7 Å². The van der Waals surface area contributed by atoms with Crippen LogP contribution in [0, 0.1) is 0 Å². The van der Waals surface area contributed by atoms with E-state index in [4.69, 9.17) is 13.0 Å². The van der Waals surface area contributed by atoms with Gasteiger partial charge in [-0.25, -0.2) is 8.42 Å². The lowest BCUT2D eigenvalue weighted by Gasteiger charge is -2.08. The van der Waals surface area contributed by atoms with Crippen LogP contribution in [0.4, 0.5) is 13.2 Å². The number of hydrogen-bond acceptors (Lipinski definition) is 4. The average molecular weight is 324 g/mol.